The first-order valence-corrected chi connectivity index (χ1v) is 6.65. The molecule has 0 aliphatic heterocycles. The maximum atomic E-state index is 12.1. The summed E-state index contributed by atoms with van der Waals surface area (Å²) in [5.74, 6) is 0.759. The molecule has 0 saturated heterocycles. The van der Waals surface area contributed by atoms with Crippen LogP contribution in [0.3, 0.4) is 0 Å². The lowest BCUT2D eigenvalue weighted by atomic mass is 9.96. The molecule has 108 valence electrons. The van der Waals surface area contributed by atoms with E-state index in [4.69, 9.17) is 5.11 Å². The molecule has 19 heavy (non-hydrogen) atoms. The fourth-order valence-corrected chi connectivity index (χ4v) is 1.60. The van der Waals surface area contributed by atoms with E-state index in [1.54, 1.807) is 11.9 Å². The molecule has 6 nitrogen and oxygen atoms in total. The van der Waals surface area contributed by atoms with Crippen molar-refractivity contribution >= 4 is 5.91 Å². The van der Waals surface area contributed by atoms with Gasteiger partial charge in [0.1, 0.15) is 5.82 Å². The van der Waals surface area contributed by atoms with E-state index >= 15 is 0 Å². The van der Waals surface area contributed by atoms with Gasteiger partial charge >= 0.3 is 0 Å². The van der Waals surface area contributed by atoms with Crippen LogP contribution in [-0.2, 0) is 5.41 Å². The van der Waals surface area contributed by atoms with Gasteiger partial charge in [-0.3, -0.25) is 9.89 Å². The molecule has 1 aromatic rings. The summed E-state index contributed by atoms with van der Waals surface area (Å²) in [7, 11) is 1.74. The summed E-state index contributed by atoms with van der Waals surface area (Å²) in [6.07, 6.45) is 2.56. The molecule has 0 fully saturated rings. The maximum Gasteiger partial charge on any atom is 0.293 e. The highest BCUT2D eigenvalue weighted by atomic mass is 16.2. The highest BCUT2D eigenvalue weighted by Crippen LogP contribution is 2.17. The molecular weight excluding hydrogens is 244 g/mol. The minimum absolute atomic E-state index is 0.148. The number of hydrogen-bond donors (Lipinski definition) is 2. The first kappa shape index (κ1) is 15.6. The second-order valence-electron chi connectivity index (χ2n) is 5.77. The molecule has 1 amide bonds. The predicted octanol–water partition coefficient (Wildman–Crippen LogP) is 1.34. The standard InChI is InChI=1S/C13H24N4O2/c1-13(2,3)12-14-10(15-16-12)11(19)17(4)8-6-5-7-9-18/h18H,5-9H2,1-4H3,(H,14,15,16). The van der Waals surface area contributed by atoms with E-state index in [9.17, 15) is 4.79 Å². The van der Waals surface area contributed by atoms with Gasteiger partial charge in [0.05, 0.1) is 0 Å². The number of nitrogens with one attached hydrogen (secondary N) is 1. The quantitative estimate of drug-likeness (QED) is 0.763. The van der Waals surface area contributed by atoms with Gasteiger partial charge in [-0.2, -0.15) is 0 Å². The Morgan fingerprint density at radius 3 is 2.53 bits per heavy atom. The van der Waals surface area contributed by atoms with Crippen LogP contribution in [0, 0.1) is 0 Å². The van der Waals surface area contributed by atoms with Crippen LogP contribution >= 0.6 is 0 Å². The molecule has 2 N–H and O–H groups in total. The van der Waals surface area contributed by atoms with E-state index < -0.39 is 0 Å². The number of aliphatic hydroxyl groups excluding tert-OH is 1. The Balaban J connectivity index is 2.55. The number of nitrogens with zero attached hydrogens (tertiary/aromatic N) is 3. The molecule has 0 saturated carbocycles. The van der Waals surface area contributed by atoms with Crippen LogP contribution in [0.5, 0.6) is 0 Å². The van der Waals surface area contributed by atoms with E-state index in [-0.39, 0.29) is 23.8 Å². The van der Waals surface area contributed by atoms with Gasteiger partial charge in [-0.05, 0) is 19.3 Å². The van der Waals surface area contributed by atoms with Crippen molar-refractivity contribution in [3.8, 4) is 0 Å². The summed E-state index contributed by atoms with van der Waals surface area (Å²) >= 11 is 0. The van der Waals surface area contributed by atoms with Gasteiger partial charge in [0.2, 0.25) is 5.82 Å². The molecule has 0 aromatic carbocycles. The van der Waals surface area contributed by atoms with E-state index in [2.05, 4.69) is 15.2 Å². The lowest BCUT2D eigenvalue weighted by Crippen LogP contribution is -2.28. The topological polar surface area (TPSA) is 82.1 Å². The van der Waals surface area contributed by atoms with Crippen LogP contribution in [-0.4, -0.2) is 51.3 Å². The van der Waals surface area contributed by atoms with Crippen LogP contribution in [0.25, 0.3) is 0 Å². The second kappa shape index (κ2) is 6.65. The minimum atomic E-state index is -0.171. The lowest BCUT2D eigenvalue weighted by Gasteiger charge is -2.15. The van der Waals surface area contributed by atoms with Crippen molar-refractivity contribution in [3.63, 3.8) is 0 Å². The number of carbonyl (C=O) groups is 1. The zero-order valence-corrected chi connectivity index (χ0v) is 12.2. The number of rotatable bonds is 6. The van der Waals surface area contributed by atoms with E-state index in [1.807, 2.05) is 20.8 Å². The number of aromatic amines is 1. The van der Waals surface area contributed by atoms with Crippen LogP contribution in [0.15, 0.2) is 0 Å². The van der Waals surface area contributed by atoms with E-state index in [0.717, 1.165) is 19.3 Å². The highest BCUT2D eigenvalue weighted by Gasteiger charge is 2.22. The molecule has 1 aromatic heterocycles. The number of unbranched alkanes of at least 4 members (excludes halogenated alkanes) is 2. The molecule has 0 bridgehead atoms. The summed E-state index contributed by atoms with van der Waals surface area (Å²) in [5, 5.41) is 15.5. The minimum Gasteiger partial charge on any atom is -0.396 e. The average molecular weight is 268 g/mol. The van der Waals surface area contributed by atoms with Gasteiger partial charge in [-0.15, -0.1) is 5.10 Å². The Bertz CT molecular complexity index is 409. The predicted molar refractivity (Wildman–Crippen MR) is 73.0 cm³/mol. The number of aliphatic hydroxyl groups is 1. The first-order valence-electron chi connectivity index (χ1n) is 6.65. The molecule has 0 atom stereocenters. The third-order valence-electron chi connectivity index (χ3n) is 2.89. The van der Waals surface area contributed by atoms with Gasteiger partial charge in [0.25, 0.3) is 5.91 Å². The summed E-state index contributed by atoms with van der Waals surface area (Å²) in [6, 6.07) is 0. The largest absolute Gasteiger partial charge is 0.396 e. The summed E-state index contributed by atoms with van der Waals surface area (Å²) < 4.78 is 0. The Morgan fingerprint density at radius 2 is 2.00 bits per heavy atom. The normalized spacial score (nSPS) is 11.6. The fraction of sp³-hybridized carbons (Fsp3) is 0.769. The molecule has 6 heteroatoms. The van der Waals surface area contributed by atoms with Crippen LogP contribution in [0.4, 0.5) is 0 Å². The average Bonchev–Trinajstić information content (AvgIpc) is 2.82. The Morgan fingerprint density at radius 1 is 1.32 bits per heavy atom. The van der Waals surface area contributed by atoms with Crippen molar-refractivity contribution in [1.29, 1.82) is 0 Å². The zero-order valence-electron chi connectivity index (χ0n) is 12.2. The number of H-pyrrole nitrogens is 1. The third-order valence-corrected chi connectivity index (χ3v) is 2.89. The van der Waals surface area contributed by atoms with Gasteiger partial charge in [-0.25, -0.2) is 4.98 Å². The maximum absolute atomic E-state index is 12.1. The molecule has 0 spiro atoms. The van der Waals surface area contributed by atoms with Crippen molar-refractivity contribution < 1.29 is 9.90 Å². The molecular formula is C13H24N4O2. The number of aromatic nitrogens is 3. The number of carbonyl (C=O) groups excluding carboxylic acids is 1. The van der Waals surface area contributed by atoms with Crippen LogP contribution in [0.2, 0.25) is 0 Å². The first-order chi connectivity index (χ1) is 8.86. The van der Waals surface area contributed by atoms with Crippen LogP contribution < -0.4 is 0 Å². The van der Waals surface area contributed by atoms with Gasteiger partial charge < -0.3 is 10.0 Å². The SMILES string of the molecule is CN(CCCCCO)C(=O)c1n[nH]c(C(C)(C)C)n1. The third kappa shape index (κ3) is 4.63. The molecule has 0 aliphatic rings. The Labute approximate surface area is 114 Å². The van der Waals surface area contributed by atoms with Crippen molar-refractivity contribution in [2.24, 2.45) is 0 Å². The van der Waals surface area contributed by atoms with E-state index in [0.29, 0.717) is 12.4 Å². The zero-order chi connectivity index (χ0) is 14.5. The van der Waals surface area contributed by atoms with Crippen molar-refractivity contribution in [3.05, 3.63) is 11.6 Å². The smallest absolute Gasteiger partial charge is 0.293 e. The number of amides is 1. The van der Waals surface area contributed by atoms with Gasteiger partial charge in [0.15, 0.2) is 0 Å². The fourth-order valence-electron chi connectivity index (χ4n) is 1.60. The summed E-state index contributed by atoms with van der Waals surface area (Å²) in [6.45, 7) is 6.90. The van der Waals surface area contributed by atoms with E-state index in [1.165, 1.54) is 0 Å². The van der Waals surface area contributed by atoms with Crippen molar-refractivity contribution in [1.82, 2.24) is 20.1 Å². The molecule has 0 aliphatic carbocycles. The number of hydrogen-bond acceptors (Lipinski definition) is 4. The Kier molecular flexibility index (Phi) is 5.47. The van der Waals surface area contributed by atoms with Crippen molar-refractivity contribution in [2.75, 3.05) is 20.2 Å². The lowest BCUT2D eigenvalue weighted by molar-refractivity contribution is 0.0780. The monoisotopic (exact) mass is 268 g/mol. The Hall–Kier alpha value is -1.43. The molecule has 0 unspecified atom stereocenters. The molecule has 1 heterocycles. The second-order valence-corrected chi connectivity index (χ2v) is 5.77. The van der Waals surface area contributed by atoms with Gasteiger partial charge in [-0.1, -0.05) is 20.8 Å². The molecule has 1 rings (SSSR count). The summed E-state index contributed by atoms with van der Waals surface area (Å²) in [4.78, 5) is 17.9. The summed E-state index contributed by atoms with van der Waals surface area (Å²) in [5.41, 5.74) is -0.148. The molecule has 0 radical (unpaired) electrons. The van der Waals surface area contributed by atoms with Crippen molar-refractivity contribution in [2.45, 2.75) is 45.4 Å². The van der Waals surface area contributed by atoms with Crippen LogP contribution in [0.1, 0.15) is 56.5 Å². The van der Waals surface area contributed by atoms with Gasteiger partial charge in [0, 0.05) is 25.6 Å². The highest BCUT2D eigenvalue weighted by molar-refractivity contribution is 5.90.